The van der Waals surface area contributed by atoms with Gasteiger partial charge in [-0.1, -0.05) is 12.7 Å². The molecule has 2 heteroatoms. The highest BCUT2D eigenvalue weighted by atomic mass is 16.3. The first-order chi connectivity index (χ1) is 3.84. The van der Waals surface area contributed by atoms with Crippen LogP contribution in [0.3, 0.4) is 0 Å². The van der Waals surface area contributed by atoms with Crippen LogP contribution in [0.2, 0.25) is 0 Å². The Balaban J connectivity index is 3.09. The zero-order valence-electron chi connectivity index (χ0n) is 4.35. The second-order valence-electron chi connectivity index (χ2n) is 1.47. The largest absolute Gasteiger partial charge is 0.860 e. The highest BCUT2D eigenvalue weighted by Gasteiger charge is 1.83. The lowest BCUT2D eigenvalue weighted by molar-refractivity contribution is -0.274. The molecule has 0 aromatic carbocycles. The van der Waals surface area contributed by atoms with Crippen LogP contribution in [0.15, 0.2) is 18.8 Å². The molecule has 0 saturated heterocycles. The quantitative estimate of drug-likeness (QED) is 0.566. The van der Waals surface area contributed by atoms with Gasteiger partial charge in [-0.2, -0.15) is 0 Å². The van der Waals surface area contributed by atoms with Gasteiger partial charge >= 0.3 is 0 Å². The molecule has 0 bridgehead atoms. The molecule has 1 aromatic heterocycles. The normalized spacial score (nSPS) is 9.00. The zero-order chi connectivity index (χ0) is 5.98. The minimum Gasteiger partial charge on any atom is -0.860 e. The molecule has 1 rings (SSSR count). The van der Waals surface area contributed by atoms with E-state index < -0.39 is 0 Å². The Bertz CT molecular complexity index is 190. The van der Waals surface area contributed by atoms with Crippen LogP contribution in [0.25, 0.3) is 6.08 Å². The van der Waals surface area contributed by atoms with Crippen molar-refractivity contribution in [1.82, 2.24) is 4.98 Å². The molecular formula is C6H6NO-. The zero-order valence-corrected chi connectivity index (χ0v) is 4.35. The maximum Gasteiger partial charge on any atom is 0.000540 e. The number of nitrogens with one attached hydrogen (secondary N) is 1. The third-order valence-corrected chi connectivity index (χ3v) is 0.959. The van der Waals surface area contributed by atoms with Gasteiger partial charge in [0.05, 0.1) is 0 Å². The van der Waals surface area contributed by atoms with Gasteiger partial charge in [0.15, 0.2) is 0 Å². The first kappa shape index (κ1) is 4.97. The van der Waals surface area contributed by atoms with E-state index in [0.717, 1.165) is 0 Å². The van der Waals surface area contributed by atoms with Crippen molar-refractivity contribution < 1.29 is 5.11 Å². The van der Waals surface area contributed by atoms with Crippen LogP contribution in [0.1, 0.15) is 5.56 Å². The summed E-state index contributed by atoms with van der Waals surface area (Å²) in [5.74, 6) is -0.0694. The molecule has 1 N–H and O–H groups in total. The minimum atomic E-state index is -0.0694. The molecule has 0 radical (unpaired) electrons. The molecule has 1 heterocycles. The van der Waals surface area contributed by atoms with Gasteiger partial charge in [-0.15, -0.1) is 0 Å². The molecule has 0 amide bonds. The number of hydrogen-bond donors (Lipinski definition) is 1. The van der Waals surface area contributed by atoms with Crippen LogP contribution in [0, 0.1) is 0 Å². The molecule has 0 spiro atoms. The number of H-pyrrole nitrogens is 1. The van der Waals surface area contributed by atoms with E-state index in [2.05, 4.69) is 11.6 Å². The second kappa shape index (κ2) is 1.74. The predicted molar refractivity (Wildman–Crippen MR) is 30.3 cm³/mol. The van der Waals surface area contributed by atoms with E-state index in [1.807, 2.05) is 0 Å². The molecule has 0 aliphatic heterocycles. The summed E-state index contributed by atoms with van der Waals surface area (Å²) in [4.78, 5) is 2.49. The molecular weight excluding hydrogens is 102 g/mol. The molecule has 0 aliphatic carbocycles. The molecule has 0 fully saturated rings. The Morgan fingerprint density at radius 1 is 1.75 bits per heavy atom. The molecule has 2 nitrogen and oxygen atoms in total. The fraction of sp³-hybridized carbons (Fsp3) is 0. The van der Waals surface area contributed by atoms with Gasteiger partial charge in [-0.25, -0.2) is 0 Å². The summed E-state index contributed by atoms with van der Waals surface area (Å²) >= 11 is 0. The topological polar surface area (TPSA) is 38.8 Å². The van der Waals surface area contributed by atoms with Crippen LogP contribution in [-0.4, -0.2) is 4.98 Å². The van der Waals surface area contributed by atoms with E-state index in [0.29, 0.717) is 5.56 Å². The average Bonchev–Trinajstić information content (AvgIpc) is 2.14. The Labute approximate surface area is 47.5 Å². The lowest BCUT2D eigenvalue weighted by Gasteiger charge is -1.99. The Morgan fingerprint density at radius 3 is 2.75 bits per heavy atom. The van der Waals surface area contributed by atoms with Gasteiger partial charge in [-0.3, -0.25) is 0 Å². The van der Waals surface area contributed by atoms with Gasteiger partial charge in [0.2, 0.25) is 0 Å². The van der Waals surface area contributed by atoms with E-state index in [-0.39, 0.29) is 5.88 Å². The molecule has 0 unspecified atom stereocenters. The Morgan fingerprint density at radius 2 is 2.50 bits per heavy atom. The molecule has 42 valence electrons. The van der Waals surface area contributed by atoms with Crippen molar-refractivity contribution in [2.45, 2.75) is 0 Å². The third-order valence-electron chi connectivity index (χ3n) is 0.959. The molecule has 8 heavy (non-hydrogen) atoms. The van der Waals surface area contributed by atoms with E-state index in [1.54, 1.807) is 12.3 Å². The standard InChI is InChI=1S/C6H7NO/c1-2-5-3-4-7-6(5)8/h2-4,7-8H,1H2/p-1. The van der Waals surface area contributed by atoms with Crippen LogP contribution in [0.4, 0.5) is 0 Å². The summed E-state index contributed by atoms with van der Waals surface area (Å²) in [6.45, 7) is 3.44. The number of rotatable bonds is 1. The van der Waals surface area contributed by atoms with Gasteiger partial charge in [-0.05, 0) is 17.5 Å². The van der Waals surface area contributed by atoms with E-state index in [9.17, 15) is 5.11 Å². The van der Waals surface area contributed by atoms with Crippen LogP contribution >= 0.6 is 0 Å². The van der Waals surface area contributed by atoms with E-state index in [4.69, 9.17) is 0 Å². The lowest BCUT2D eigenvalue weighted by Crippen LogP contribution is -1.89. The maximum absolute atomic E-state index is 10.5. The van der Waals surface area contributed by atoms with Crippen molar-refractivity contribution in [2.24, 2.45) is 0 Å². The van der Waals surface area contributed by atoms with Crippen molar-refractivity contribution >= 4 is 6.08 Å². The van der Waals surface area contributed by atoms with Gasteiger partial charge < -0.3 is 10.1 Å². The van der Waals surface area contributed by atoms with Crippen LogP contribution in [0.5, 0.6) is 5.88 Å². The first-order valence-corrected chi connectivity index (χ1v) is 2.31. The second-order valence-corrected chi connectivity index (χ2v) is 1.47. The summed E-state index contributed by atoms with van der Waals surface area (Å²) in [6, 6.07) is 1.69. The maximum atomic E-state index is 10.5. The van der Waals surface area contributed by atoms with Crippen molar-refractivity contribution in [2.75, 3.05) is 0 Å². The summed E-state index contributed by atoms with van der Waals surface area (Å²) in [5.41, 5.74) is 0.630. The van der Waals surface area contributed by atoms with Crippen molar-refractivity contribution in [3.63, 3.8) is 0 Å². The van der Waals surface area contributed by atoms with Gasteiger partial charge in [0.1, 0.15) is 0 Å². The smallest absolute Gasteiger partial charge is 0.000540 e. The summed E-state index contributed by atoms with van der Waals surface area (Å²) in [7, 11) is 0. The summed E-state index contributed by atoms with van der Waals surface area (Å²) in [6.07, 6.45) is 3.12. The third kappa shape index (κ3) is 0.601. The lowest BCUT2D eigenvalue weighted by atomic mass is 10.3. The minimum absolute atomic E-state index is 0.0694. The molecule has 0 saturated carbocycles. The average molecular weight is 108 g/mol. The van der Waals surface area contributed by atoms with E-state index >= 15 is 0 Å². The molecule has 1 aromatic rings. The van der Waals surface area contributed by atoms with Gasteiger partial charge in [0.25, 0.3) is 0 Å². The number of aromatic amines is 1. The van der Waals surface area contributed by atoms with Crippen LogP contribution < -0.4 is 5.11 Å². The molecule has 0 atom stereocenters. The van der Waals surface area contributed by atoms with Crippen molar-refractivity contribution in [3.8, 4) is 5.88 Å². The monoisotopic (exact) mass is 108 g/mol. The SMILES string of the molecule is C=Cc1cc[nH]c1[O-]. The summed E-state index contributed by atoms with van der Waals surface area (Å²) < 4.78 is 0. The predicted octanol–water partition coefficient (Wildman–Crippen LogP) is 0.731. The van der Waals surface area contributed by atoms with Crippen LogP contribution in [-0.2, 0) is 0 Å². The Kier molecular flexibility index (Phi) is 1.08. The van der Waals surface area contributed by atoms with Crippen molar-refractivity contribution in [3.05, 3.63) is 24.4 Å². The summed E-state index contributed by atoms with van der Waals surface area (Å²) in [5, 5.41) is 10.5. The Hall–Kier alpha value is -1.18. The van der Waals surface area contributed by atoms with Gasteiger partial charge in [0, 0.05) is 6.20 Å². The number of aromatic nitrogens is 1. The van der Waals surface area contributed by atoms with Crippen molar-refractivity contribution in [1.29, 1.82) is 0 Å². The fourth-order valence-corrected chi connectivity index (χ4v) is 0.527. The number of hydrogen-bond acceptors (Lipinski definition) is 1. The molecule has 0 aliphatic rings. The first-order valence-electron chi connectivity index (χ1n) is 2.31. The highest BCUT2D eigenvalue weighted by Crippen LogP contribution is 2.09. The highest BCUT2D eigenvalue weighted by molar-refractivity contribution is 5.51. The fourth-order valence-electron chi connectivity index (χ4n) is 0.527. The van der Waals surface area contributed by atoms with E-state index in [1.165, 1.54) is 6.08 Å².